The first-order chi connectivity index (χ1) is 13.0. The number of ether oxygens (including phenoxy) is 1. The van der Waals surface area contributed by atoms with Gasteiger partial charge in [-0.2, -0.15) is 0 Å². The molecule has 0 radical (unpaired) electrons. The van der Waals surface area contributed by atoms with Gasteiger partial charge in [-0.15, -0.1) is 11.3 Å². The summed E-state index contributed by atoms with van der Waals surface area (Å²) in [5, 5.41) is 1.90. The Labute approximate surface area is 159 Å². The summed E-state index contributed by atoms with van der Waals surface area (Å²) in [7, 11) is 0. The largest absolute Gasteiger partial charge is 0.457 e. The van der Waals surface area contributed by atoms with Gasteiger partial charge in [0.05, 0.1) is 6.42 Å². The third kappa shape index (κ3) is 4.02. The summed E-state index contributed by atoms with van der Waals surface area (Å²) in [6.45, 7) is 4.80. The van der Waals surface area contributed by atoms with E-state index < -0.39 is 11.2 Å². The van der Waals surface area contributed by atoms with Crippen LogP contribution in [-0.2, 0) is 35.6 Å². The molecule has 1 N–H and O–H groups in total. The van der Waals surface area contributed by atoms with Crippen molar-refractivity contribution in [1.29, 1.82) is 0 Å². The summed E-state index contributed by atoms with van der Waals surface area (Å²) >= 11 is 1.49. The van der Waals surface area contributed by atoms with Crippen LogP contribution in [0.3, 0.4) is 0 Å². The topological polar surface area (TPSA) is 99.0 Å². The number of H-pyrrole nitrogens is 1. The first kappa shape index (κ1) is 19.1. The van der Waals surface area contributed by atoms with Gasteiger partial charge in [-0.05, 0) is 24.8 Å². The Morgan fingerprint density at radius 2 is 2.11 bits per heavy atom. The summed E-state index contributed by atoms with van der Waals surface area (Å²) in [5.41, 5.74) is -0.280. The van der Waals surface area contributed by atoms with Crippen molar-refractivity contribution in [3.63, 3.8) is 0 Å². The molecule has 0 fully saturated rings. The zero-order valence-corrected chi connectivity index (χ0v) is 16.2. The van der Waals surface area contributed by atoms with Gasteiger partial charge in [0.2, 0.25) is 0 Å². The highest BCUT2D eigenvalue weighted by Gasteiger charge is 2.18. The maximum atomic E-state index is 12.3. The van der Waals surface area contributed by atoms with Crippen LogP contribution in [-0.4, -0.2) is 25.1 Å². The normalized spacial score (nSPS) is 11.2. The monoisotopic (exact) mass is 390 g/mol. The van der Waals surface area contributed by atoms with E-state index in [1.54, 1.807) is 4.57 Å². The molecule has 0 spiro atoms. The van der Waals surface area contributed by atoms with Gasteiger partial charge >= 0.3 is 11.7 Å². The fraction of sp³-hybridized carbons (Fsp3) is 0.444. The van der Waals surface area contributed by atoms with Crippen LogP contribution in [0.1, 0.15) is 37.4 Å². The Bertz CT molecular complexity index is 1050. The summed E-state index contributed by atoms with van der Waals surface area (Å²) in [5.74, 6) is 0.0952. The highest BCUT2D eigenvalue weighted by molar-refractivity contribution is 7.10. The third-order valence-electron chi connectivity index (χ3n) is 4.28. The van der Waals surface area contributed by atoms with E-state index in [-0.39, 0.29) is 19.0 Å². The van der Waals surface area contributed by atoms with Crippen molar-refractivity contribution in [1.82, 2.24) is 19.1 Å². The van der Waals surface area contributed by atoms with E-state index in [1.165, 1.54) is 15.9 Å². The SMILES string of the molecule is CCCCn1c(=O)[nH]c(=O)c2c1nc(COC(=O)Cc1cccs1)n2CC. The molecule has 0 aliphatic heterocycles. The molecule has 8 nitrogen and oxygen atoms in total. The standard InChI is InChI=1S/C18H22N4O4S/c1-3-5-8-22-16-15(17(24)20-18(22)25)21(4-2)13(19-16)11-26-14(23)10-12-7-6-9-27-12/h6-7,9H,3-5,8,10-11H2,1-2H3,(H,20,24,25). The zero-order valence-electron chi connectivity index (χ0n) is 15.4. The molecule has 0 amide bonds. The minimum Gasteiger partial charge on any atom is -0.457 e. The highest BCUT2D eigenvalue weighted by atomic mass is 32.1. The summed E-state index contributed by atoms with van der Waals surface area (Å²) in [4.78, 5) is 44.3. The zero-order chi connectivity index (χ0) is 19.4. The van der Waals surface area contributed by atoms with Gasteiger partial charge in [-0.3, -0.25) is 19.1 Å². The van der Waals surface area contributed by atoms with Gasteiger partial charge in [-0.25, -0.2) is 9.78 Å². The van der Waals surface area contributed by atoms with E-state index in [1.807, 2.05) is 31.4 Å². The van der Waals surface area contributed by atoms with Crippen molar-refractivity contribution < 1.29 is 9.53 Å². The molecule has 27 heavy (non-hydrogen) atoms. The van der Waals surface area contributed by atoms with Crippen molar-refractivity contribution in [2.75, 3.05) is 0 Å². The second-order valence-electron chi connectivity index (χ2n) is 6.13. The second-order valence-corrected chi connectivity index (χ2v) is 7.16. The highest BCUT2D eigenvalue weighted by Crippen LogP contribution is 2.14. The number of nitrogens with zero attached hydrogens (tertiary/aromatic N) is 3. The Hall–Kier alpha value is -2.68. The maximum Gasteiger partial charge on any atom is 0.330 e. The first-order valence-electron chi connectivity index (χ1n) is 8.95. The molecule has 9 heteroatoms. The van der Waals surface area contributed by atoms with E-state index >= 15 is 0 Å². The third-order valence-corrected chi connectivity index (χ3v) is 5.15. The van der Waals surface area contributed by atoms with Crippen LogP contribution in [0.4, 0.5) is 0 Å². The lowest BCUT2D eigenvalue weighted by Gasteiger charge is -2.07. The Balaban J connectivity index is 1.91. The number of aromatic amines is 1. The van der Waals surface area contributed by atoms with Crippen molar-refractivity contribution in [3.05, 3.63) is 49.1 Å². The Kier molecular flexibility index (Phi) is 5.90. The molecule has 3 rings (SSSR count). The van der Waals surface area contributed by atoms with E-state index in [0.717, 1.165) is 17.7 Å². The number of hydrogen-bond acceptors (Lipinski definition) is 6. The second kappa shape index (κ2) is 8.34. The molecule has 0 bridgehead atoms. The quantitative estimate of drug-likeness (QED) is 0.594. The number of thiophene rings is 1. The Morgan fingerprint density at radius 3 is 2.78 bits per heavy atom. The number of aromatic nitrogens is 4. The van der Waals surface area contributed by atoms with Gasteiger partial charge in [0.15, 0.2) is 11.2 Å². The van der Waals surface area contributed by atoms with Gasteiger partial charge in [0, 0.05) is 18.0 Å². The molecule has 3 heterocycles. The molecular formula is C18H22N4O4S. The molecule has 0 aliphatic rings. The summed E-state index contributed by atoms with van der Waals surface area (Å²) < 4.78 is 8.51. The average Bonchev–Trinajstić information content (AvgIpc) is 3.27. The molecule has 0 atom stereocenters. The van der Waals surface area contributed by atoms with Crippen LogP contribution >= 0.6 is 11.3 Å². The number of unbranched alkanes of at least 4 members (excludes halogenated alkanes) is 1. The Morgan fingerprint density at radius 1 is 1.30 bits per heavy atom. The molecule has 3 aromatic rings. The molecule has 0 saturated heterocycles. The minimum atomic E-state index is -0.478. The number of imidazole rings is 1. The average molecular weight is 390 g/mol. The lowest BCUT2D eigenvalue weighted by Crippen LogP contribution is -2.31. The number of carbonyl (C=O) groups is 1. The summed E-state index contributed by atoms with van der Waals surface area (Å²) in [6.07, 6.45) is 1.91. The minimum absolute atomic E-state index is 0.0475. The van der Waals surface area contributed by atoms with Crippen molar-refractivity contribution in [3.8, 4) is 0 Å². The predicted octanol–water partition coefficient (Wildman–Crippen LogP) is 2.05. The molecular weight excluding hydrogens is 368 g/mol. The maximum absolute atomic E-state index is 12.3. The van der Waals surface area contributed by atoms with Gasteiger partial charge in [0.25, 0.3) is 5.56 Å². The molecule has 0 aromatic carbocycles. The van der Waals surface area contributed by atoms with Crippen LogP contribution < -0.4 is 11.2 Å². The fourth-order valence-electron chi connectivity index (χ4n) is 2.94. The molecule has 0 aliphatic carbocycles. The molecule has 0 unspecified atom stereocenters. The van der Waals surface area contributed by atoms with E-state index in [2.05, 4.69) is 9.97 Å². The number of hydrogen-bond donors (Lipinski definition) is 1. The van der Waals surface area contributed by atoms with Crippen LogP contribution in [0.2, 0.25) is 0 Å². The number of nitrogens with one attached hydrogen (secondary N) is 1. The number of fused-ring (bicyclic) bond motifs is 1. The first-order valence-corrected chi connectivity index (χ1v) is 9.83. The number of esters is 1. The fourth-order valence-corrected chi connectivity index (χ4v) is 3.63. The lowest BCUT2D eigenvalue weighted by molar-refractivity contribution is -0.144. The number of aryl methyl sites for hydroxylation is 2. The van der Waals surface area contributed by atoms with Crippen molar-refractivity contribution in [2.24, 2.45) is 0 Å². The van der Waals surface area contributed by atoms with E-state index in [9.17, 15) is 14.4 Å². The molecule has 0 saturated carbocycles. The molecule has 144 valence electrons. The van der Waals surface area contributed by atoms with Crippen molar-refractivity contribution in [2.45, 2.75) is 52.8 Å². The van der Waals surface area contributed by atoms with Gasteiger partial charge in [-0.1, -0.05) is 19.4 Å². The van der Waals surface area contributed by atoms with Gasteiger partial charge in [0.1, 0.15) is 12.4 Å². The summed E-state index contributed by atoms with van der Waals surface area (Å²) in [6, 6.07) is 3.75. The lowest BCUT2D eigenvalue weighted by atomic mass is 10.3. The van der Waals surface area contributed by atoms with Crippen LogP contribution in [0.25, 0.3) is 11.2 Å². The number of rotatable bonds is 8. The van der Waals surface area contributed by atoms with Gasteiger partial charge < -0.3 is 9.30 Å². The number of carbonyl (C=O) groups excluding carboxylic acids is 1. The van der Waals surface area contributed by atoms with Crippen LogP contribution in [0.5, 0.6) is 0 Å². The smallest absolute Gasteiger partial charge is 0.330 e. The van der Waals surface area contributed by atoms with Crippen LogP contribution in [0, 0.1) is 0 Å². The molecule has 3 aromatic heterocycles. The van der Waals surface area contributed by atoms with E-state index in [4.69, 9.17) is 4.74 Å². The van der Waals surface area contributed by atoms with Crippen molar-refractivity contribution >= 4 is 28.5 Å². The van der Waals surface area contributed by atoms with Crippen LogP contribution in [0.15, 0.2) is 27.1 Å². The van der Waals surface area contributed by atoms with E-state index in [0.29, 0.717) is 30.1 Å². The predicted molar refractivity (Wildman–Crippen MR) is 103 cm³/mol.